The normalized spacial score (nSPS) is 8.00. The molecule has 2 heteroatoms. The van der Waals surface area contributed by atoms with Gasteiger partial charge in [0.15, 0.2) is 0 Å². The third-order valence-corrected chi connectivity index (χ3v) is 1.73. The van der Waals surface area contributed by atoms with Crippen LogP contribution in [0.5, 0.6) is 0 Å². The molecule has 36 valence electrons. The van der Waals surface area contributed by atoms with Gasteiger partial charge in [0.25, 0.3) is 0 Å². The minimum absolute atomic E-state index is 1.26. The summed E-state index contributed by atoms with van der Waals surface area (Å²) in [5, 5.41) is 1.26. The van der Waals surface area contributed by atoms with Crippen molar-refractivity contribution in [3.8, 4) is 0 Å². The van der Waals surface area contributed by atoms with Gasteiger partial charge >= 0.3 is 0 Å². The molecule has 0 aromatic rings. The fraction of sp³-hybridized carbons (Fsp3) is 0.500. The zero-order chi connectivity index (χ0) is 5.15. The Kier molecular flexibility index (Phi) is 2.99. The maximum atomic E-state index is 2.62. The Morgan fingerprint density at radius 3 is 1.33 bits per heavy atom. The Bertz CT molecular complexity index is 55.6. The molecule has 6 heavy (non-hydrogen) atoms. The van der Waals surface area contributed by atoms with E-state index >= 15 is 0 Å². The van der Waals surface area contributed by atoms with Crippen molar-refractivity contribution in [3.05, 3.63) is 10.6 Å². The summed E-state index contributed by atoms with van der Waals surface area (Å²) < 4.78 is 0. The van der Waals surface area contributed by atoms with Crippen LogP contribution in [-0.2, 0) is 0 Å². The predicted octanol–water partition coefficient (Wildman–Crippen LogP) is 1.99. The molecule has 0 saturated carbocycles. The molecule has 0 spiro atoms. The Morgan fingerprint density at radius 1 is 1.17 bits per heavy atom. The van der Waals surface area contributed by atoms with Gasteiger partial charge in [-0.15, -0.1) is 18.5 Å². The SMILES string of the molecule is CC(C)=C(P)P. The van der Waals surface area contributed by atoms with Gasteiger partial charge in [0.1, 0.15) is 0 Å². The van der Waals surface area contributed by atoms with E-state index in [9.17, 15) is 0 Å². The third kappa shape index (κ3) is 2.82. The third-order valence-electron chi connectivity index (χ3n) is 0.577. The fourth-order valence-electron chi connectivity index (χ4n) is 0. The van der Waals surface area contributed by atoms with Crippen molar-refractivity contribution in [2.75, 3.05) is 0 Å². The van der Waals surface area contributed by atoms with Crippen molar-refractivity contribution in [1.29, 1.82) is 0 Å². The molecule has 0 saturated heterocycles. The first kappa shape index (κ1) is 6.60. The van der Waals surface area contributed by atoms with E-state index in [1.165, 1.54) is 10.6 Å². The maximum absolute atomic E-state index is 2.62. The van der Waals surface area contributed by atoms with Crippen LogP contribution in [0.2, 0.25) is 0 Å². The molecule has 0 aromatic carbocycles. The second-order valence-corrected chi connectivity index (χ2v) is 3.37. The highest BCUT2D eigenvalue weighted by atomic mass is 31.1. The summed E-state index contributed by atoms with van der Waals surface area (Å²) >= 11 is 0. The zero-order valence-electron chi connectivity index (χ0n) is 4.15. The molecule has 0 N–H and O–H groups in total. The van der Waals surface area contributed by atoms with Crippen molar-refractivity contribution in [2.24, 2.45) is 0 Å². The fourth-order valence-corrected chi connectivity index (χ4v) is 0. The average Bonchev–Trinajstić information content (AvgIpc) is 1.36. The highest BCUT2D eigenvalue weighted by Crippen LogP contribution is 2.17. The minimum Gasteiger partial charge on any atom is -0.106 e. The number of rotatable bonds is 0. The van der Waals surface area contributed by atoms with Crippen LogP contribution in [0.1, 0.15) is 13.8 Å². The Hall–Kier alpha value is 0.600. The summed E-state index contributed by atoms with van der Waals surface area (Å²) in [7, 11) is 5.23. The molecule has 0 fully saturated rings. The van der Waals surface area contributed by atoms with E-state index in [0.29, 0.717) is 0 Å². The van der Waals surface area contributed by atoms with Crippen molar-refractivity contribution in [1.82, 2.24) is 0 Å². The highest BCUT2D eigenvalue weighted by molar-refractivity contribution is 7.45. The van der Waals surface area contributed by atoms with Crippen LogP contribution in [-0.4, -0.2) is 0 Å². The summed E-state index contributed by atoms with van der Waals surface area (Å²) in [4.78, 5) is 0. The van der Waals surface area contributed by atoms with E-state index in [1.807, 2.05) is 0 Å². The molecular formula is C4H10P2. The predicted molar refractivity (Wildman–Crippen MR) is 37.8 cm³/mol. The number of allylic oxidation sites excluding steroid dienone is 1. The zero-order valence-corrected chi connectivity index (χ0v) is 6.46. The van der Waals surface area contributed by atoms with Crippen molar-refractivity contribution >= 4 is 18.5 Å². The molecule has 0 aliphatic heterocycles. The lowest BCUT2D eigenvalue weighted by molar-refractivity contribution is 1.41. The summed E-state index contributed by atoms with van der Waals surface area (Å²) in [5.41, 5.74) is 1.35. The molecule has 0 nitrogen and oxygen atoms in total. The summed E-state index contributed by atoms with van der Waals surface area (Å²) in [6.45, 7) is 4.16. The second-order valence-electron chi connectivity index (χ2n) is 1.46. The first-order chi connectivity index (χ1) is 2.64. The lowest BCUT2D eigenvalue weighted by atomic mass is 10.4. The van der Waals surface area contributed by atoms with Crippen LogP contribution in [0.15, 0.2) is 10.6 Å². The summed E-state index contributed by atoms with van der Waals surface area (Å²) in [6, 6.07) is 0. The van der Waals surface area contributed by atoms with Crippen LogP contribution in [0, 0.1) is 0 Å². The van der Waals surface area contributed by atoms with E-state index in [-0.39, 0.29) is 0 Å². The van der Waals surface area contributed by atoms with Gasteiger partial charge in [0.2, 0.25) is 0 Å². The van der Waals surface area contributed by atoms with Crippen LogP contribution in [0.4, 0.5) is 0 Å². The van der Waals surface area contributed by atoms with Gasteiger partial charge in [-0.2, -0.15) is 0 Å². The van der Waals surface area contributed by atoms with Crippen LogP contribution in [0.3, 0.4) is 0 Å². The van der Waals surface area contributed by atoms with Crippen LogP contribution in [0.25, 0.3) is 0 Å². The Labute approximate surface area is 43.8 Å². The van der Waals surface area contributed by atoms with E-state index < -0.39 is 0 Å². The molecule has 0 bridgehead atoms. The molecule has 0 heterocycles. The van der Waals surface area contributed by atoms with Gasteiger partial charge in [-0.25, -0.2) is 0 Å². The molecule has 0 radical (unpaired) electrons. The van der Waals surface area contributed by atoms with Gasteiger partial charge in [0.05, 0.1) is 0 Å². The van der Waals surface area contributed by atoms with Crippen molar-refractivity contribution < 1.29 is 0 Å². The first-order valence-corrected chi connectivity index (χ1v) is 2.98. The molecule has 0 amide bonds. The van der Waals surface area contributed by atoms with Gasteiger partial charge in [-0.1, -0.05) is 5.57 Å². The maximum Gasteiger partial charge on any atom is -0.0362 e. The molecule has 0 aromatic heterocycles. The topological polar surface area (TPSA) is 0 Å². The largest absolute Gasteiger partial charge is 0.106 e. The van der Waals surface area contributed by atoms with Crippen molar-refractivity contribution in [2.45, 2.75) is 13.8 Å². The number of hydrogen-bond acceptors (Lipinski definition) is 0. The minimum atomic E-state index is 1.26. The molecule has 2 atom stereocenters. The lowest BCUT2D eigenvalue weighted by Gasteiger charge is -1.87. The van der Waals surface area contributed by atoms with E-state index in [4.69, 9.17) is 0 Å². The van der Waals surface area contributed by atoms with E-state index in [1.54, 1.807) is 0 Å². The van der Waals surface area contributed by atoms with Gasteiger partial charge in [-0.3, -0.25) is 0 Å². The van der Waals surface area contributed by atoms with Gasteiger partial charge < -0.3 is 0 Å². The summed E-state index contributed by atoms with van der Waals surface area (Å²) in [6.07, 6.45) is 0. The van der Waals surface area contributed by atoms with Gasteiger partial charge in [-0.05, 0) is 18.9 Å². The number of hydrogen-bond donors (Lipinski definition) is 0. The Balaban J connectivity index is 3.68. The highest BCUT2D eigenvalue weighted by Gasteiger charge is 1.75. The molecular weight excluding hydrogens is 110 g/mol. The van der Waals surface area contributed by atoms with Crippen LogP contribution < -0.4 is 0 Å². The quantitative estimate of drug-likeness (QED) is 0.429. The molecule has 0 rings (SSSR count). The van der Waals surface area contributed by atoms with Gasteiger partial charge in [0, 0.05) is 0 Å². The Morgan fingerprint density at radius 2 is 1.33 bits per heavy atom. The van der Waals surface area contributed by atoms with E-state index in [0.717, 1.165) is 0 Å². The smallest absolute Gasteiger partial charge is 0.0362 e. The molecule has 0 aliphatic carbocycles. The van der Waals surface area contributed by atoms with E-state index in [2.05, 4.69) is 32.3 Å². The molecule has 2 unspecified atom stereocenters. The average molecular weight is 120 g/mol. The van der Waals surface area contributed by atoms with Crippen molar-refractivity contribution in [3.63, 3.8) is 0 Å². The first-order valence-electron chi connectivity index (χ1n) is 1.83. The second kappa shape index (κ2) is 2.72. The molecule has 0 aliphatic rings. The lowest BCUT2D eigenvalue weighted by Crippen LogP contribution is -1.57. The monoisotopic (exact) mass is 120 g/mol. The summed E-state index contributed by atoms with van der Waals surface area (Å²) in [5.74, 6) is 0. The standard InChI is InChI=1S/C4H10P2/c1-3(2)4(5)6/h5-6H2,1-2H3. The van der Waals surface area contributed by atoms with Crippen LogP contribution >= 0.6 is 18.5 Å².